The number of benzene rings is 1. The number of nitrogens with one attached hydrogen (secondary N) is 2. The van der Waals surface area contributed by atoms with Gasteiger partial charge in [-0.2, -0.15) is 0 Å². The summed E-state index contributed by atoms with van der Waals surface area (Å²) in [4.78, 5) is 21.3. The lowest BCUT2D eigenvalue weighted by Gasteiger charge is -2.07. The molecule has 0 unspecified atom stereocenters. The molecule has 1 rings (SSSR count). The van der Waals surface area contributed by atoms with Gasteiger partial charge in [0.2, 0.25) is 5.91 Å². The van der Waals surface area contributed by atoms with Crippen LogP contribution in [-0.4, -0.2) is 23.9 Å². The van der Waals surface area contributed by atoms with E-state index < -0.39 is 4.92 Å². The van der Waals surface area contributed by atoms with Crippen molar-refractivity contribution in [1.82, 2.24) is 5.32 Å². The van der Waals surface area contributed by atoms with Crippen LogP contribution in [-0.2, 0) is 4.79 Å². The van der Waals surface area contributed by atoms with Crippen LogP contribution >= 0.6 is 0 Å². The third kappa shape index (κ3) is 4.40. The number of nitro benzene ring substituents is 1. The van der Waals surface area contributed by atoms with Gasteiger partial charge in [-0.05, 0) is 12.5 Å². The monoisotopic (exact) mass is 251 g/mol. The van der Waals surface area contributed by atoms with Crippen LogP contribution in [0.25, 0.3) is 0 Å². The number of hydrogen-bond donors (Lipinski definition) is 2. The molecule has 18 heavy (non-hydrogen) atoms. The number of carbonyl (C=O) groups excluding carboxylic acids is 1. The minimum atomic E-state index is -0.415. The molecule has 0 aliphatic rings. The maximum Gasteiger partial charge on any atom is 0.292 e. The van der Waals surface area contributed by atoms with Crippen molar-refractivity contribution in [3.8, 4) is 0 Å². The standard InChI is InChI=1S/C12H17N3O3/c1-2-12(16)14-9-5-8-13-10-6-3-4-7-11(10)15(17)18/h3-4,6-7,13H,2,5,8-9H2,1H3,(H,14,16). The maximum atomic E-state index is 11.0. The number of nitro groups is 1. The summed E-state index contributed by atoms with van der Waals surface area (Å²) in [5, 5.41) is 16.5. The molecule has 0 aliphatic carbocycles. The molecule has 6 nitrogen and oxygen atoms in total. The van der Waals surface area contributed by atoms with Crippen LogP contribution in [0.1, 0.15) is 19.8 Å². The molecular formula is C12H17N3O3. The van der Waals surface area contributed by atoms with Gasteiger partial charge in [-0.3, -0.25) is 14.9 Å². The van der Waals surface area contributed by atoms with Crippen molar-refractivity contribution in [2.75, 3.05) is 18.4 Å². The summed E-state index contributed by atoms with van der Waals surface area (Å²) in [5.74, 6) is 0.0145. The first-order valence-electron chi connectivity index (χ1n) is 5.89. The van der Waals surface area contributed by atoms with E-state index in [1.807, 2.05) is 0 Å². The molecule has 0 spiro atoms. The molecule has 1 aromatic rings. The first-order chi connectivity index (χ1) is 8.65. The van der Waals surface area contributed by atoms with E-state index in [2.05, 4.69) is 10.6 Å². The zero-order valence-electron chi connectivity index (χ0n) is 10.3. The van der Waals surface area contributed by atoms with Crippen molar-refractivity contribution in [2.45, 2.75) is 19.8 Å². The van der Waals surface area contributed by atoms with Gasteiger partial charge in [0.1, 0.15) is 5.69 Å². The molecule has 0 saturated heterocycles. The van der Waals surface area contributed by atoms with E-state index in [1.54, 1.807) is 25.1 Å². The van der Waals surface area contributed by atoms with Gasteiger partial charge in [-0.25, -0.2) is 0 Å². The highest BCUT2D eigenvalue weighted by Gasteiger charge is 2.10. The zero-order valence-corrected chi connectivity index (χ0v) is 10.3. The Morgan fingerprint density at radius 3 is 2.72 bits per heavy atom. The third-order valence-electron chi connectivity index (χ3n) is 2.41. The van der Waals surface area contributed by atoms with E-state index >= 15 is 0 Å². The molecule has 0 aliphatic heterocycles. The van der Waals surface area contributed by atoms with Crippen LogP contribution in [0.4, 0.5) is 11.4 Å². The quantitative estimate of drug-likeness (QED) is 0.440. The van der Waals surface area contributed by atoms with Crippen LogP contribution in [0.2, 0.25) is 0 Å². The van der Waals surface area contributed by atoms with Crippen LogP contribution in [0.15, 0.2) is 24.3 Å². The summed E-state index contributed by atoms with van der Waals surface area (Å²) >= 11 is 0. The fraction of sp³-hybridized carbons (Fsp3) is 0.417. The van der Waals surface area contributed by atoms with Crippen molar-refractivity contribution in [3.05, 3.63) is 34.4 Å². The van der Waals surface area contributed by atoms with E-state index in [-0.39, 0.29) is 11.6 Å². The van der Waals surface area contributed by atoms with Gasteiger partial charge in [0.15, 0.2) is 0 Å². The normalized spacial score (nSPS) is 9.83. The number of nitrogens with zero attached hydrogens (tertiary/aromatic N) is 1. The Hall–Kier alpha value is -2.11. The summed E-state index contributed by atoms with van der Waals surface area (Å²) in [5.41, 5.74) is 0.569. The first-order valence-corrected chi connectivity index (χ1v) is 5.89. The Morgan fingerprint density at radius 2 is 2.06 bits per heavy atom. The largest absolute Gasteiger partial charge is 0.379 e. The Kier molecular flexibility index (Phi) is 5.63. The molecule has 0 heterocycles. The van der Waals surface area contributed by atoms with Crippen molar-refractivity contribution in [3.63, 3.8) is 0 Å². The van der Waals surface area contributed by atoms with E-state index in [0.29, 0.717) is 25.2 Å². The average molecular weight is 251 g/mol. The van der Waals surface area contributed by atoms with Crippen LogP contribution < -0.4 is 10.6 Å². The molecule has 0 bridgehead atoms. The van der Waals surface area contributed by atoms with Gasteiger partial charge in [-0.1, -0.05) is 19.1 Å². The predicted octanol–water partition coefficient (Wildman–Crippen LogP) is 1.92. The van der Waals surface area contributed by atoms with E-state index in [1.165, 1.54) is 6.07 Å². The molecule has 0 saturated carbocycles. The number of carbonyl (C=O) groups is 1. The van der Waals surface area contributed by atoms with Crippen molar-refractivity contribution in [1.29, 1.82) is 0 Å². The molecule has 1 aromatic carbocycles. The Labute approximate surface area is 106 Å². The summed E-state index contributed by atoms with van der Waals surface area (Å²) in [7, 11) is 0. The molecule has 2 N–H and O–H groups in total. The van der Waals surface area contributed by atoms with Gasteiger partial charge in [0.25, 0.3) is 5.69 Å². The average Bonchev–Trinajstić information content (AvgIpc) is 2.38. The molecular weight excluding hydrogens is 234 g/mol. The highest BCUT2D eigenvalue weighted by molar-refractivity contribution is 5.75. The lowest BCUT2D eigenvalue weighted by Crippen LogP contribution is -2.24. The highest BCUT2D eigenvalue weighted by atomic mass is 16.6. The number of anilines is 1. The summed E-state index contributed by atoms with van der Waals surface area (Å²) in [6.45, 7) is 2.94. The van der Waals surface area contributed by atoms with Crippen molar-refractivity contribution < 1.29 is 9.72 Å². The maximum absolute atomic E-state index is 11.0. The smallest absolute Gasteiger partial charge is 0.292 e. The van der Waals surface area contributed by atoms with Gasteiger partial charge in [-0.15, -0.1) is 0 Å². The zero-order chi connectivity index (χ0) is 13.4. The second-order valence-corrected chi connectivity index (χ2v) is 3.76. The third-order valence-corrected chi connectivity index (χ3v) is 2.41. The van der Waals surface area contributed by atoms with Gasteiger partial charge >= 0.3 is 0 Å². The number of amides is 1. The van der Waals surface area contributed by atoms with Crippen molar-refractivity contribution >= 4 is 17.3 Å². The van der Waals surface area contributed by atoms with E-state index in [4.69, 9.17) is 0 Å². The van der Waals surface area contributed by atoms with Crippen LogP contribution in [0.3, 0.4) is 0 Å². The Bertz CT molecular complexity index is 421. The fourth-order valence-electron chi connectivity index (χ4n) is 1.45. The molecule has 1 amide bonds. The lowest BCUT2D eigenvalue weighted by molar-refractivity contribution is -0.384. The second-order valence-electron chi connectivity index (χ2n) is 3.76. The van der Waals surface area contributed by atoms with E-state index in [0.717, 1.165) is 6.42 Å². The summed E-state index contributed by atoms with van der Waals surface area (Å²) in [6.07, 6.45) is 1.19. The SMILES string of the molecule is CCC(=O)NCCCNc1ccccc1[N+](=O)[O-]. The van der Waals surface area contributed by atoms with Crippen LogP contribution in [0, 0.1) is 10.1 Å². The molecule has 98 valence electrons. The van der Waals surface area contributed by atoms with Gasteiger partial charge in [0.05, 0.1) is 4.92 Å². The molecule has 0 aromatic heterocycles. The Morgan fingerprint density at radius 1 is 1.33 bits per heavy atom. The Balaban J connectivity index is 2.35. The minimum absolute atomic E-state index is 0.0145. The molecule has 0 fully saturated rings. The minimum Gasteiger partial charge on any atom is -0.379 e. The van der Waals surface area contributed by atoms with Gasteiger partial charge < -0.3 is 10.6 Å². The summed E-state index contributed by atoms with van der Waals surface area (Å²) in [6, 6.07) is 6.50. The lowest BCUT2D eigenvalue weighted by atomic mass is 10.2. The van der Waals surface area contributed by atoms with Crippen LogP contribution in [0.5, 0.6) is 0 Å². The predicted molar refractivity (Wildman–Crippen MR) is 69.5 cm³/mol. The molecule has 0 atom stereocenters. The highest BCUT2D eigenvalue weighted by Crippen LogP contribution is 2.22. The first kappa shape index (κ1) is 14.0. The fourth-order valence-corrected chi connectivity index (χ4v) is 1.45. The second kappa shape index (κ2) is 7.26. The number of rotatable bonds is 7. The molecule has 0 radical (unpaired) electrons. The van der Waals surface area contributed by atoms with Crippen molar-refractivity contribution in [2.24, 2.45) is 0 Å². The van der Waals surface area contributed by atoms with E-state index in [9.17, 15) is 14.9 Å². The number of para-hydroxylation sites is 2. The number of hydrogen-bond acceptors (Lipinski definition) is 4. The topological polar surface area (TPSA) is 84.3 Å². The molecule has 6 heteroatoms. The summed E-state index contributed by atoms with van der Waals surface area (Å²) < 4.78 is 0. The van der Waals surface area contributed by atoms with Gasteiger partial charge in [0, 0.05) is 25.6 Å².